The molecular formula is C13H23N3O. The molecule has 4 nitrogen and oxygen atoms in total. The molecule has 0 saturated heterocycles. The fourth-order valence-electron chi connectivity index (χ4n) is 2.00. The van der Waals surface area contributed by atoms with Crippen LogP contribution in [0, 0.1) is 0 Å². The molecule has 1 unspecified atom stereocenters. The SMILES string of the molecule is CCCCCCC(CC)n1cc(C(N)=O)cn1. The molecule has 1 aromatic rings. The quantitative estimate of drug-likeness (QED) is 0.707. The van der Waals surface area contributed by atoms with E-state index >= 15 is 0 Å². The molecule has 0 radical (unpaired) electrons. The molecule has 1 amide bonds. The van der Waals surface area contributed by atoms with Crippen molar-refractivity contribution in [1.29, 1.82) is 0 Å². The number of aromatic nitrogens is 2. The van der Waals surface area contributed by atoms with Gasteiger partial charge in [0, 0.05) is 6.20 Å². The molecule has 17 heavy (non-hydrogen) atoms. The second kappa shape index (κ2) is 7.09. The zero-order chi connectivity index (χ0) is 12.7. The summed E-state index contributed by atoms with van der Waals surface area (Å²) in [5.74, 6) is -0.405. The van der Waals surface area contributed by atoms with E-state index < -0.39 is 5.91 Å². The molecule has 2 N–H and O–H groups in total. The first-order valence-corrected chi connectivity index (χ1v) is 6.53. The van der Waals surface area contributed by atoms with Gasteiger partial charge in [-0.25, -0.2) is 0 Å². The molecule has 0 spiro atoms. The van der Waals surface area contributed by atoms with Gasteiger partial charge in [-0.05, 0) is 12.8 Å². The molecule has 1 rings (SSSR count). The Kier molecular flexibility index (Phi) is 5.73. The van der Waals surface area contributed by atoms with Crippen LogP contribution >= 0.6 is 0 Å². The van der Waals surface area contributed by atoms with Gasteiger partial charge in [-0.15, -0.1) is 0 Å². The van der Waals surface area contributed by atoms with Gasteiger partial charge < -0.3 is 5.73 Å². The molecule has 4 heteroatoms. The lowest BCUT2D eigenvalue weighted by Crippen LogP contribution is -2.11. The highest BCUT2D eigenvalue weighted by molar-refractivity contribution is 5.92. The van der Waals surface area contributed by atoms with E-state index in [-0.39, 0.29) is 0 Å². The highest BCUT2D eigenvalue weighted by atomic mass is 16.1. The minimum absolute atomic E-state index is 0.389. The summed E-state index contributed by atoms with van der Waals surface area (Å²) in [5.41, 5.74) is 5.71. The molecule has 1 aromatic heterocycles. The van der Waals surface area contributed by atoms with E-state index in [0.29, 0.717) is 11.6 Å². The van der Waals surface area contributed by atoms with Crippen molar-refractivity contribution in [1.82, 2.24) is 9.78 Å². The lowest BCUT2D eigenvalue weighted by Gasteiger charge is -2.15. The Balaban J connectivity index is 2.50. The van der Waals surface area contributed by atoms with Crippen LogP contribution in [0.4, 0.5) is 0 Å². The Hall–Kier alpha value is -1.32. The van der Waals surface area contributed by atoms with Gasteiger partial charge in [0.05, 0.1) is 17.8 Å². The number of hydrogen-bond acceptors (Lipinski definition) is 2. The monoisotopic (exact) mass is 237 g/mol. The van der Waals surface area contributed by atoms with Crippen molar-refractivity contribution in [2.75, 3.05) is 0 Å². The third-order valence-corrected chi connectivity index (χ3v) is 3.12. The van der Waals surface area contributed by atoms with Gasteiger partial charge in [0.25, 0.3) is 5.91 Å². The summed E-state index contributed by atoms with van der Waals surface area (Å²) in [4.78, 5) is 11.0. The van der Waals surface area contributed by atoms with Crippen molar-refractivity contribution in [3.05, 3.63) is 18.0 Å². The number of primary amides is 1. The Bertz CT molecular complexity index is 346. The van der Waals surface area contributed by atoms with Crippen LogP contribution in [0.5, 0.6) is 0 Å². The molecule has 0 fully saturated rings. The number of rotatable bonds is 8. The fraction of sp³-hybridized carbons (Fsp3) is 0.692. The summed E-state index contributed by atoms with van der Waals surface area (Å²) < 4.78 is 1.88. The molecule has 96 valence electrons. The predicted molar refractivity (Wildman–Crippen MR) is 68.8 cm³/mol. The van der Waals surface area contributed by atoms with E-state index in [4.69, 9.17) is 5.73 Å². The molecule has 0 saturated carbocycles. The highest BCUT2D eigenvalue weighted by Crippen LogP contribution is 2.19. The summed E-state index contributed by atoms with van der Waals surface area (Å²) in [6.07, 6.45) is 10.5. The van der Waals surface area contributed by atoms with Crippen molar-refractivity contribution in [2.45, 2.75) is 58.4 Å². The van der Waals surface area contributed by atoms with Gasteiger partial charge in [-0.1, -0.05) is 39.5 Å². The molecule has 0 bridgehead atoms. The Morgan fingerprint density at radius 2 is 2.18 bits per heavy atom. The number of amides is 1. The van der Waals surface area contributed by atoms with Crippen LogP contribution in [0.15, 0.2) is 12.4 Å². The van der Waals surface area contributed by atoms with Crippen LogP contribution in [0.3, 0.4) is 0 Å². The van der Waals surface area contributed by atoms with E-state index in [2.05, 4.69) is 18.9 Å². The summed E-state index contributed by atoms with van der Waals surface area (Å²) in [6, 6.07) is 0.389. The van der Waals surface area contributed by atoms with E-state index in [1.165, 1.54) is 25.7 Å². The van der Waals surface area contributed by atoms with Gasteiger partial charge >= 0.3 is 0 Å². The van der Waals surface area contributed by atoms with Crippen molar-refractivity contribution in [3.63, 3.8) is 0 Å². The summed E-state index contributed by atoms with van der Waals surface area (Å²) in [5, 5.41) is 4.22. The topological polar surface area (TPSA) is 60.9 Å². The van der Waals surface area contributed by atoms with Crippen molar-refractivity contribution in [2.24, 2.45) is 5.73 Å². The van der Waals surface area contributed by atoms with Crippen LogP contribution < -0.4 is 5.73 Å². The van der Waals surface area contributed by atoms with E-state index in [1.807, 2.05) is 4.68 Å². The summed E-state index contributed by atoms with van der Waals surface area (Å²) >= 11 is 0. The maximum Gasteiger partial charge on any atom is 0.251 e. The summed E-state index contributed by atoms with van der Waals surface area (Å²) in [7, 11) is 0. The van der Waals surface area contributed by atoms with Crippen molar-refractivity contribution in [3.8, 4) is 0 Å². The number of nitrogens with two attached hydrogens (primary N) is 1. The second-order valence-electron chi connectivity index (χ2n) is 4.48. The summed E-state index contributed by atoms with van der Waals surface area (Å²) in [6.45, 7) is 4.36. The molecule has 0 aliphatic rings. The predicted octanol–water partition coefficient (Wildman–Crippen LogP) is 2.90. The number of hydrogen-bond donors (Lipinski definition) is 1. The smallest absolute Gasteiger partial charge is 0.251 e. The molecule has 0 aromatic carbocycles. The Morgan fingerprint density at radius 3 is 2.71 bits per heavy atom. The van der Waals surface area contributed by atoms with Crippen LogP contribution in [0.25, 0.3) is 0 Å². The van der Waals surface area contributed by atoms with Gasteiger partial charge in [0.15, 0.2) is 0 Å². The van der Waals surface area contributed by atoms with Gasteiger partial charge in [0.2, 0.25) is 0 Å². The maximum absolute atomic E-state index is 11.0. The van der Waals surface area contributed by atoms with Crippen LogP contribution in [-0.4, -0.2) is 15.7 Å². The Labute approximate surface area is 103 Å². The second-order valence-corrected chi connectivity index (χ2v) is 4.48. The average molecular weight is 237 g/mol. The Morgan fingerprint density at radius 1 is 1.41 bits per heavy atom. The lowest BCUT2D eigenvalue weighted by molar-refractivity contribution is 0.1000. The van der Waals surface area contributed by atoms with E-state index in [9.17, 15) is 4.79 Å². The molecule has 0 aliphatic heterocycles. The number of carbonyl (C=O) groups is 1. The molecular weight excluding hydrogens is 214 g/mol. The third kappa shape index (κ3) is 4.21. The zero-order valence-corrected chi connectivity index (χ0v) is 10.9. The van der Waals surface area contributed by atoms with Crippen LogP contribution in [-0.2, 0) is 0 Å². The van der Waals surface area contributed by atoms with Crippen LogP contribution in [0.2, 0.25) is 0 Å². The first kappa shape index (κ1) is 13.7. The maximum atomic E-state index is 11.0. The third-order valence-electron chi connectivity index (χ3n) is 3.12. The normalized spacial score (nSPS) is 12.6. The van der Waals surface area contributed by atoms with E-state index in [1.54, 1.807) is 12.4 Å². The van der Waals surface area contributed by atoms with Gasteiger partial charge in [-0.3, -0.25) is 9.48 Å². The zero-order valence-electron chi connectivity index (χ0n) is 10.9. The van der Waals surface area contributed by atoms with Crippen LogP contribution in [0.1, 0.15) is 68.8 Å². The molecule has 1 atom stereocenters. The minimum Gasteiger partial charge on any atom is -0.366 e. The largest absolute Gasteiger partial charge is 0.366 e. The highest BCUT2D eigenvalue weighted by Gasteiger charge is 2.11. The number of nitrogens with zero attached hydrogens (tertiary/aromatic N) is 2. The van der Waals surface area contributed by atoms with E-state index in [0.717, 1.165) is 12.8 Å². The van der Waals surface area contributed by atoms with Crippen molar-refractivity contribution < 1.29 is 4.79 Å². The first-order valence-electron chi connectivity index (χ1n) is 6.53. The minimum atomic E-state index is -0.405. The standard InChI is InChI=1S/C13H23N3O/c1-3-5-6-7-8-12(4-2)16-10-11(9-15-16)13(14)17/h9-10,12H,3-8H2,1-2H3,(H2,14,17). The van der Waals surface area contributed by atoms with Gasteiger partial charge in [0.1, 0.15) is 0 Å². The fourth-order valence-corrected chi connectivity index (χ4v) is 2.00. The number of unbranched alkanes of at least 4 members (excludes halogenated alkanes) is 3. The lowest BCUT2D eigenvalue weighted by atomic mass is 10.1. The van der Waals surface area contributed by atoms with Gasteiger partial charge in [-0.2, -0.15) is 5.10 Å². The average Bonchev–Trinajstić information content (AvgIpc) is 2.79. The first-order chi connectivity index (χ1) is 8.19. The molecule has 1 heterocycles. The number of carbonyl (C=O) groups excluding carboxylic acids is 1. The van der Waals surface area contributed by atoms with Crippen molar-refractivity contribution >= 4 is 5.91 Å². The molecule has 0 aliphatic carbocycles.